The summed E-state index contributed by atoms with van der Waals surface area (Å²) in [6.07, 6.45) is 3.56. The number of hydrogen-bond acceptors (Lipinski definition) is 6. The van der Waals surface area contributed by atoms with E-state index in [4.69, 9.17) is 4.98 Å². The third-order valence-electron chi connectivity index (χ3n) is 6.71. The molecule has 0 spiro atoms. The number of anilines is 3. The molecule has 184 valence electrons. The van der Waals surface area contributed by atoms with Crippen molar-refractivity contribution in [3.63, 3.8) is 0 Å². The van der Waals surface area contributed by atoms with Gasteiger partial charge >= 0.3 is 0 Å². The molecule has 1 aliphatic heterocycles. The summed E-state index contributed by atoms with van der Waals surface area (Å²) in [6.45, 7) is 12.0. The number of nitrogens with zero attached hydrogens (tertiary/aromatic N) is 5. The fourth-order valence-corrected chi connectivity index (χ4v) is 4.53. The van der Waals surface area contributed by atoms with Crippen molar-refractivity contribution in [3.05, 3.63) is 83.7 Å². The largest absolute Gasteiger partial charge is 0.353 e. The molecule has 1 N–H and O–H groups in total. The number of amides is 1. The molecule has 0 radical (unpaired) electrons. The molecule has 0 bridgehead atoms. The quantitative estimate of drug-likeness (QED) is 0.432. The molecular weight excluding hydrogens is 448 g/mol. The Labute approximate surface area is 212 Å². The Morgan fingerprint density at radius 3 is 2.22 bits per heavy atom. The molecule has 0 aliphatic carbocycles. The van der Waals surface area contributed by atoms with E-state index in [1.807, 2.05) is 48.5 Å². The first kappa shape index (κ1) is 23.7. The van der Waals surface area contributed by atoms with Gasteiger partial charge in [0.25, 0.3) is 5.91 Å². The molecule has 7 nitrogen and oxygen atoms in total. The van der Waals surface area contributed by atoms with Crippen molar-refractivity contribution in [3.8, 4) is 0 Å². The third-order valence-corrected chi connectivity index (χ3v) is 6.71. The predicted molar refractivity (Wildman–Crippen MR) is 146 cm³/mol. The number of piperazine rings is 1. The van der Waals surface area contributed by atoms with Crippen molar-refractivity contribution >= 4 is 34.3 Å². The Hall–Kier alpha value is -4.00. The molecule has 1 amide bonds. The van der Waals surface area contributed by atoms with Crippen LogP contribution < -0.4 is 15.1 Å². The van der Waals surface area contributed by atoms with Crippen molar-refractivity contribution in [1.29, 1.82) is 0 Å². The van der Waals surface area contributed by atoms with Gasteiger partial charge in [-0.05, 0) is 65.9 Å². The highest BCUT2D eigenvalue weighted by Crippen LogP contribution is 2.27. The molecule has 5 rings (SSSR count). The molecular formula is C29H32N6O. The Morgan fingerprint density at radius 2 is 1.56 bits per heavy atom. The lowest BCUT2D eigenvalue weighted by Crippen LogP contribution is -2.47. The molecule has 2 aromatic heterocycles. The van der Waals surface area contributed by atoms with E-state index in [-0.39, 0.29) is 11.3 Å². The summed E-state index contributed by atoms with van der Waals surface area (Å²) in [5, 5.41) is 4.08. The first-order chi connectivity index (χ1) is 17.3. The number of carbonyl (C=O) groups excluding carboxylic acids is 1. The lowest BCUT2D eigenvalue weighted by atomic mass is 9.87. The van der Waals surface area contributed by atoms with Gasteiger partial charge in [0.1, 0.15) is 5.82 Å². The van der Waals surface area contributed by atoms with Gasteiger partial charge in [0.15, 0.2) is 0 Å². The van der Waals surface area contributed by atoms with Gasteiger partial charge in [-0.1, -0.05) is 32.9 Å². The van der Waals surface area contributed by atoms with Crippen LogP contribution in [0.15, 0.2) is 67.0 Å². The van der Waals surface area contributed by atoms with E-state index in [1.165, 1.54) is 5.56 Å². The second-order valence-electron chi connectivity index (χ2n) is 10.3. The molecule has 3 heterocycles. The highest BCUT2D eigenvalue weighted by atomic mass is 16.1. The minimum absolute atomic E-state index is 0.0562. The summed E-state index contributed by atoms with van der Waals surface area (Å²) >= 11 is 0. The molecule has 1 aliphatic rings. The van der Waals surface area contributed by atoms with Crippen LogP contribution in [0.3, 0.4) is 0 Å². The van der Waals surface area contributed by atoms with Crippen molar-refractivity contribution in [2.24, 2.45) is 0 Å². The van der Waals surface area contributed by atoms with Crippen molar-refractivity contribution in [2.45, 2.75) is 33.1 Å². The standard InChI is InChI=1S/C29H32N6O/c1-20-18-26(34-14-16-35(17-15-34)28-30-12-5-13-31-28)33-25-11-10-23(19-24(20)25)32-27(36)21-6-8-22(9-7-21)29(2,3)4/h5-13,18-19H,14-17H2,1-4H3,(H,32,36). The van der Waals surface area contributed by atoms with Gasteiger partial charge in [-0.2, -0.15) is 0 Å². The molecule has 2 aromatic carbocycles. The molecule has 0 saturated carbocycles. The Bertz CT molecular complexity index is 1370. The molecule has 0 atom stereocenters. The normalized spacial score (nSPS) is 14.2. The zero-order chi connectivity index (χ0) is 25.3. The third kappa shape index (κ3) is 5.00. The first-order valence-corrected chi connectivity index (χ1v) is 12.4. The number of fused-ring (bicyclic) bond motifs is 1. The lowest BCUT2D eigenvalue weighted by Gasteiger charge is -2.35. The van der Waals surface area contributed by atoms with E-state index >= 15 is 0 Å². The molecule has 4 aromatic rings. The minimum atomic E-state index is -0.114. The molecule has 0 unspecified atom stereocenters. The summed E-state index contributed by atoms with van der Waals surface area (Å²) in [7, 11) is 0. The molecule has 36 heavy (non-hydrogen) atoms. The summed E-state index contributed by atoms with van der Waals surface area (Å²) < 4.78 is 0. The average molecular weight is 481 g/mol. The van der Waals surface area contributed by atoms with E-state index in [2.05, 4.69) is 58.8 Å². The highest BCUT2D eigenvalue weighted by Gasteiger charge is 2.21. The second kappa shape index (κ2) is 9.57. The van der Waals surface area contributed by atoms with E-state index in [0.29, 0.717) is 5.56 Å². The van der Waals surface area contributed by atoms with E-state index in [0.717, 1.165) is 60.1 Å². The van der Waals surface area contributed by atoms with Crippen LogP contribution in [0.4, 0.5) is 17.5 Å². The number of rotatable bonds is 4. The Morgan fingerprint density at radius 1 is 0.889 bits per heavy atom. The fraction of sp³-hybridized carbons (Fsp3) is 0.310. The number of benzene rings is 2. The number of aromatic nitrogens is 3. The number of aryl methyl sites for hydroxylation is 1. The van der Waals surface area contributed by atoms with Gasteiger partial charge in [0.2, 0.25) is 5.95 Å². The fourth-order valence-electron chi connectivity index (χ4n) is 4.53. The maximum Gasteiger partial charge on any atom is 0.255 e. The van der Waals surface area contributed by atoms with Gasteiger partial charge in [0.05, 0.1) is 5.52 Å². The minimum Gasteiger partial charge on any atom is -0.353 e. The molecule has 1 fully saturated rings. The monoisotopic (exact) mass is 480 g/mol. The van der Waals surface area contributed by atoms with Crippen LogP contribution in [-0.4, -0.2) is 47.0 Å². The first-order valence-electron chi connectivity index (χ1n) is 12.4. The summed E-state index contributed by atoms with van der Waals surface area (Å²) in [6, 6.07) is 17.7. The lowest BCUT2D eigenvalue weighted by molar-refractivity contribution is 0.102. The Balaban J connectivity index is 1.29. The van der Waals surface area contributed by atoms with Gasteiger partial charge in [-0.25, -0.2) is 15.0 Å². The van der Waals surface area contributed by atoms with Gasteiger partial charge < -0.3 is 15.1 Å². The SMILES string of the molecule is Cc1cc(N2CCN(c3ncccn3)CC2)nc2ccc(NC(=O)c3ccc(C(C)(C)C)cc3)cc12. The van der Waals surface area contributed by atoms with Crippen molar-refractivity contribution in [2.75, 3.05) is 41.3 Å². The van der Waals surface area contributed by atoms with Gasteiger partial charge in [-0.3, -0.25) is 4.79 Å². The zero-order valence-corrected chi connectivity index (χ0v) is 21.3. The zero-order valence-electron chi connectivity index (χ0n) is 21.3. The highest BCUT2D eigenvalue weighted by molar-refractivity contribution is 6.05. The maximum atomic E-state index is 12.8. The number of pyridine rings is 1. The van der Waals surface area contributed by atoms with E-state index < -0.39 is 0 Å². The number of nitrogens with one attached hydrogen (secondary N) is 1. The topological polar surface area (TPSA) is 74.2 Å². The van der Waals surface area contributed by atoms with Crippen LogP contribution in [-0.2, 0) is 5.41 Å². The average Bonchev–Trinajstić information content (AvgIpc) is 2.89. The molecule has 7 heteroatoms. The summed E-state index contributed by atoms with van der Waals surface area (Å²) in [4.78, 5) is 31.0. The van der Waals surface area contributed by atoms with Gasteiger partial charge in [-0.15, -0.1) is 0 Å². The van der Waals surface area contributed by atoms with Crippen LogP contribution >= 0.6 is 0 Å². The number of hydrogen-bond donors (Lipinski definition) is 1. The van der Waals surface area contributed by atoms with Crippen LogP contribution in [0.2, 0.25) is 0 Å². The Kier molecular flexibility index (Phi) is 6.31. The maximum absolute atomic E-state index is 12.8. The second-order valence-corrected chi connectivity index (χ2v) is 10.3. The smallest absolute Gasteiger partial charge is 0.255 e. The van der Waals surface area contributed by atoms with Crippen molar-refractivity contribution in [1.82, 2.24) is 15.0 Å². The van der Waals surface area contributed by atoms with Crippen LogP contribution in [0.25, 0.3) is 10.9 Å². The summed E-state index contributed by atoms with van der Waals surface area (Å²) in [5.41, 5.74) is 4.73. The molecule has 1 saturated heterocycles. The number of carbonyl (C=O) groups is 1. The van der Waals surface area contributed by atoms with E-state index in [9.17, 15) is 4.79 Å². The van der Waals surface area contributed by atoms with Crippen LogP contribution in [0.1, 0.15) is 42.3 Å². The van der Waals surface area contributed by atoms with Gasteiger partial charge in [0, 0.05) is 55.2 Å². The van der Waals surface area contributed by atoms with E-state index in [1.54, 1.807) is 12.4 Å². The van der Waals surface area contributed by atoms with Crippen LogP contribution in [0, 0.1) is 6.92 Å². The predicted octanol–water partition coefficient (Wildman–Crippen LogP) is 5.21. The van der Waals surface area contributed by atoms with Crippen LogP contribution in [0.5, 0.6) is 0 Å². The summed E-state index contributed by atoms with van der Waals surface area (Å²) in [5.74, 6) is 1.64. The van der Waals surface area contributed by atoms with Crippen molar-refractivity contribution < 1.29 is 4.79 Å².